The van der Waals surface area contributed by atoms with Crippen LogP contribution in [-0.2, 0) is 4.79 Å². The van der Waals surface area contributed by atoms with E-state index in [-0.39, 0.29) is 17.5 Å². The van der Waals surface area contributed by atoms with E-state index in [0.717, 1.165) is 5.69 Å². The Morgan fingerprint density at radius 3 is 2.42 bits per heavy atom. The van der Waals surface area contributed by atoms with E-state index in [9.17, 15) is 19.7 Å². The van der Waals surface area contributed by atoms with Gasteiger partial charge in [0.2, 0.25) is 5.91 Å². The van der Waals surface area contributed by atoms with Crippen LogP contribution in [0.2, 0.25) is 0 Å². The van der Waals surface area contributed by atoms with Crippen LogP contribution in [0.1, 0.15) is 16.1 Å². The van der Waals surface area contributed by atoms with Gasteiger partial charge in [0.25, 0.3) is 11.6 Å². The molecule has 2 amide bonds. The molecule has 0 atom stereocenters. The van der Waals surface area contributed by atoms with Crippen molar-refractivity contribution in [3.8, 4) is 0 Å². The molecule has 33 heavy (non-hydrogen) atoms. The molecule has 0 aliphatic carbocycles. The number of nitro groups is 1. The van der Waals surface area contributed by atoms with Gasteiger partial charge in [-0.3, -0.25) is 19.7 Å². The lowest BCUT2D eigenvalue weighted by Crippen LogP contribution is -2.48. The highest BCUT2D eigenvalue weighted by Crippen LogP contribution is 2.21. The molecule has 1 fully saturated rings. The fraction of sp³-hybridized carbons (Fsp3) is 0.167. The predicted molar refractivity (Wildman–Crippen MR) is 124 cm³/mol. The number of hydrogen-bond acceptors (Lipinski definition) is 6. The Kier molecular flexibility index (Phi) is 6.49. The molecule has 168 valence electrons. The molecule has 1 saturated heterocycles. The zero-order valence-corrected chi connectivity index (χ0v) is 17.7. The Balaban J connectivity index is 1.29. The molecule has 1 N–H and O–H groups in total. The van der Waals surface area contributed by atoms with Crippen molar-refractivity contribution >= 4 is 35.0 Å². The van der Waals surface area contributed by atoms with Crippen molar-refractivity contribution in [2.24, 2.45) is 0 Å². The molecule has 2 heterocycles. The van der Waals surface area contributed by atoms with Gasteiger partial charge in [-0.1, -0.05) is 12.1 Å². The first kappa shape index (κ1) is 21.8. The van der Waals surface area contributed by atoms with E-state index in [1.165, 1.54) is 30.5 Å². The summed E-state index contributed by atoms with van der Waals surface area (Å²) in [5.74, 6) is -0.0849. The third kappa shape index (κ3) is 5.45. The minimum absolute atomic E-state index is 0.0284. The number of non-ortho nitro benzene ring substituents is 1. The van der Waals surface area contributed by atoms with Crippen molar-refractivity contribution in [1.82, 2.24) is 4.90 Å². The summed E-state index contributed by atoms with van der Waals surface area (Å²) in [7, 11) is 0. The van der Waals surface area contributed by atoms with Crippen molar-refractivity contribution in [2.75, 3.05) is 36.4 Å². The first-order valence-electron chi connectivity index (χ1n) is 10.4. The van der Waals surface area contributed by atoms with Gasteiger partial charge in [0.05, 0.1) is 11.2 Å². The topological polar surface area (TPSA) is 109 Å². The number of nitro benzene ring substituents is 1. The first-order valence-corrected chi connectivity index (χ1v) is 10.4. The summed E-state index contributed by atoms with van der Waals surface area (Å²) >= 11 is 0. The van der Waals surface area contributed by atoms with Gasteiger partial charge in [-0.2, -0.15) is 0 Å². The second-order valence-corrected chi connectivity index (χ2v) is 7.48. The SMILES string of the molecule is O=C(/C=C/c1cccc([N+](=O)[O-])c1)Nc1ccc(N2CCN(C(=O)c3ccco3)CC2)cc1. The van der Waals surface area contributed by atoms with Crippen molar-refractivity contribution in [1.29, 1.82) is 0 Å². The van der Waals surface area contributed by atoms with Crippen LogP contribution in [0.15, 0.2) is 77.4 Å². The molecule has 0 spiro atoms. The molecule has 9 nitrogen and oxygen atoms in total. The Morgan fingerprint density at radius 2 is 1.76 bits per heavy atom. The van der Waals surface area contributed by atoms with Crippen molar-refractivity contribution < 1.29 is 18.9 Å². The molecule has 9 heteroatoms. The number of amides is 2. The standard InChI is InChI=1S/C24H22N4O5/c29-23(11-6-18-3-1-4-21(17-18)28(31)32)25-19-7-9-20(10-8-19)26-12-14-27(15-13-26)24(30)22-5-2-16-33-22/h1-11,16-17H,12-15H2,(H,25,29)/b11-6+. The zero-order chi connectivity index (χ0) is 23.2. The number of nitrogens with zero attached hydrogens (tertiary/aromatic N) is 3. The Labute approximate surface area is 190 Å². The second-order valence-electron chi connectivity index (χ2n) is 7.48. The number of anilines is 2. The third-order valence-electron chi connectivity index (χ3n) is 5.31. The molecule has 1 aliphatic heterocycles. The van der Waals surface area contributed by atoms with E-state index < -0.39 is 4.92 Å². The van der Waals surface area contributed by atoms with Gasteiger partial charge in [0, 0.05) is 55.8 Å². The highest BCUT2D eigenvalue weighted by atomic mass is 16.6. The monoisotopic (exact) mass is 446 g/mol. The number of carbonyl (C=O) groups is 2. The molecule has 2 aromatic carbocycles. The second kappa shape index (κ2) is 9.82. The van der Waals surface area contributed by atoms with Crippen LogP contribution in [-0.4, -0.2) is 47.8 Å². The van der Waals surface area contributed by atoms with Crippen LogP contribution in [0.5, 0.6) is 0 Å². The lowest BCUT2D eigenvalue weighted by Gasteiger charge is -2.35. The summed E-state index contributed by atoms with van der Waals surface area (Å²) in [6.45, 7) is 2.59. The summed E-state index contributed by atoms with van der Waals surface area (Å²) in [5, 5.41) is 13.6. The average molecular weight is 446 g/mol. The molecular weight excluding hydrogens is 424 g/mol. The smallest absolute Gasteiger partial charge is 0.289 e. The summed E-state index contributed by atoms with van der Waals surface area (Å²) in [6.07, 6.45) is 4.36. The number of carbonyl (C=O) groups excluding carboxylic acids is 2. The summed E-state index contributed by atoms with van der Waals surface area (Å²) in [4.78, 5) is 38.9. The molecule has 0 unspecified atom stereocenters. The first-order chi connectivity index (χ1) is 16.0. The highest BCUT2D eigenvalue weighted by molar-refractivity contribution is 6.02. The largest absolute Gasteiger partial charge is 0.459 e. The van der Waals surface area contributed by atoms with Gasteiger partial charge in [0.15, 0.2) is 5.76 Å². The molecule has 3 aromatic rings. The zero-order valence-electron chi connectivity index (χ0n) is 17.7. The van der Waals surface area contributed by atoms with Crippen LogP contribution >= 0.6 is 0 Å². The van der Waals surface area contributed by atoms with Crippen molar-refractivity contribution in [3.05, 3.63) is 94.4 Å². The fourth-order valence-electron chi connectivity index (χ4n) is 3.58. The number of rotatable bonds is 6. The highest BCUT2D eigenvalue weighted by Gasteiger charge is 2.23. The van der Waals surface area contributed by atoms with E-state index in [1.807, 2.05) is 24.3 Å². The third-order valence-corrected chi connectivity index (χ3v) is 5.31. The van der Waals surface area contributed by atoms with Crippen LogP contribution in [0.4, 0.5) is 17.1 Å². The maximum atomic E-state index is 12.4. The molecule has 0 saturated carbocycles. The fourth-order valence-corrected chi connectivity index (χ4v) is 3.58. The maximum absolute atomic E-state index is 12.4. The molecular formula is C24H22N4O5. The average Bonchev–Trinajstić information content (AvgIpc) is 3.38. The Hall–Kier alpha value is -4.40. The van der Waals surface area contributed by atoms with Crippen LogP contribution in [0.3, 0.4) is 0 Å². The van der Waals surface area contributed by atoms with E-state index in [2.05, 4.69) is 10.2 Å². The van der Waals surface area contributed by atoms with E-state index in [0.29, 0.717) is 43.2 Å². The Bertz CT molecular complexity index is 1160. The van der Waals surface area contributed by atoms with E-state index in [1.54, 1.807) is 29.2 Å². The maximum Gasteiger partial charge on any atom is 0.289 e. The number of nitrogens with one attached hydrogen (secondary N) is 1. The van der Waals surface area contributed by atoms with E-state index >= 15 is 0 Å². The minimum atomic E-state index is -0.476. The molecule has 0 radical (unpaired) electrons. The quantitative estimate of drug-likeness (QED) is 0.350. The molecule has 0 bridgehead atoms. The van der Waals surface area contributed by atoms with Gasteiger partial charge in [-0.25, -0.2) is 0 Å². The van der Waals surface area contributed by atoms with Crippen molar-refractivity contribution in [2.45, 2.75) is 0 Å². The summed E-state index contributed by atoms with van der Waals surface area (Å²) in [5.41, 5.74) is 2.18. The summed E-state index contributed by atoms with van der Waals surface area (Å²) in [6, 6.07) is 16.9. The van der Waals surface area contributed by atoms with Gasteiger partial charge in [0.1, 0.15) is 0 Å². The van der Waals surface area contributed by atoms with E-state index in [4.69, 9.17) is 4.42 Å². The lowest BCUT2D eigenvalue weighted by molar-refractivity contribution is -0.384. The van der Waals surface area contributed by atoms with Gasteiger partial charge in [-0.15, -0.1) is 0 Å². The van der Waals surface area contributed by atoms with Crippen molar-refractivity contribution in [3.63, 3.8) is 0 Å². The minimum Gasteiger partial charge on any atom is -0.459 e. The van der Waals surface area contributed by atoms with Crippen LogP contribution < -0.4 is 10.2 Å². The predicted octanol–water partition coefficient (Wildman–Crippen LogP) is 3.80. The van der Waals surface area contributed by atoms with Gasteiger partial charge >= 0.3 is 0 Å². The molecule has 1 aromatic heterocycles. The van der Waals surface area contributed by atoms with Crippen LogP contribution in [0.25, 0.3) is 6.08 Å². The summed E-state index contributed by atoms with van der Waals surface area (Å²) < 4.78 is 5.19. The normalized spacial score (nSPS) is 13.8. The van der Waals surface area contributed by atoms with Gasteiger partial charge in [-0.05, 0) is 48.0 Å². The number of piperazine rings is 1. The Morgan fingerprint density at radius 1 is 1.00 bits per heavy atom. The number of furan rings is 1. The molecule has 1 aliphatic rings. The molecule has 4 rings (SSSR count). The van der Waals surface area contributed by atoms with Gasteiger partial charge < -0.3 is 19.5 Å². The number of hydrogen-bond donors (Lipinski definition) is 1. The lowest BCUT2D eigenvalue weighted by atomic mass is 10.2. The van der Waals surface area contributed by atoms with Crippen LogP contribution in [0, 0.1) is 10.1 Å². The number of benzene rings is 2.